The first-order chi connectivity index (χ1) is 10.1. The van der Waals surface area contributed by atoms with Gasteiger partial charge in [0, 0.05) is 12.7 Å². The van der Waals surface area contributed by atoms with Crippen molar-refractivity contribution in [1.82, 2.24) is 39.2 Å². The number of aromatic nitrogens is 8. The summed E-state index contributed by atoms with van der Waals surface area (Å²) in [6.45, 7) is 3.92. The Morgan fingerprint density at radius 3 is 2.67 bits per heavy atom. The number of aryl methyl sites for hydroxylation is 2. The smallest absolute Gasteiger partial charge is 0.235 e. The second-order valence-corrected chi connectivity index (χ2v) is 6.29. The fourth-order valence-corrected chi connectivity index (χ4v) is 3.63. The predicted octanol–water partition coefficient (Wildman–Crippen LogP) is 1.72. The summed E-state index contributed by atoms with van der Waals surface area (Å²) in [7, 11) is 1.90. The SMILES string of the molecule is Cc1nnsc1-c1nn2c(-c3cnn(C)c3C)nnc2s1. The maximum atomic E-state index is 4.61. The van der Waals surface area contributed by atoms with E-state index in [4.69, 9.17) is 0 Å². The Balaban J connectivity index is 1.91. The molecule has 4 rings (SSSR count). The van der Waals surface area contributed by atoms with E-state index in [0.717, 1.165) is 31.8 Å². The highest BCUT2D eigenvalue weighted by Crippen LogP contribution is 2.31. The summed E-state index contributed by atoms with van der Waals surface area (Å²) < 4.78 is 7.51. The van der Waals surface area contributed by atoms with Crippen LogP contribution in [0.3, 0.4) is 0 Å². The molecule has 0 aliphatic carbocycles. The molecule has 21 heavy (non-hydrogen) atoms. The summed E-state index contributed by atoms with van der Waals surface area (Å²) in [5.74, 6) is 0.702. The van der Waals surface area contributed by atoms with Crippen molar-refractivity contribution in [3.63, 3.8) is 0 Å². The van der Waals surface area contributed by atoms with Crippen molar-refractivity contribution in [1.29, 1.82) is 0 Å². The Kier molecular flexibility index (Phi) is 2.62. The molecule has 0 amide bonds. The highest BCUT2D eigenvalue weighted by molar-refractivity contribution is 7.23. The summed E-state index contributed by atoms with van der Waals surface area (Å²) in [6.07, 6.45) is 1.78. The number of hydrogen-bond acceptors (Lipinski definition) is 8. The average Bonchev–Trinajstić information content (AvgIpc) is 3.17. The Labute approximate surface area is 127 Å². The van der Waals surface area contributed by atoms with Gasteiger partial charge in [0.2, 0.25) is 4.96 Å². The molecular weight excluding hydrogens is 308 g/mol. The highest BCUT2D eigenvalue weighted by atomic mass is 32.1. The predicted molar refractivity (Wildman–Crippen MR) is 79.2 cm³/mol. The van der Waals surface area contributed by atoms with Crippen LogP contribution in [0.2, 0.25) is 0 Å². The summed E-state index contributed by atoms with van der Waals surface area (Å²) in [6, 6.07) is 0. The van der Waals surface area contributed by atoms with Crippen LogP contribution in [0.5, 0.6) is 0 Å². The van der Waals surface area contributed by atoms with Gasteiger partial charge < -0.3 is 0 Å². The van der Waals surface area contributed by atoms with Crippen LogP contribution in [0.25, 0.3) is 26.2 Å². The molecule has 0 unspecified atom stereocenters. The Hall–Kier alpha value is -2.20. The Morgan fingerprint density at radius 1 is 1.14 bits per heavy atom. The molecule has 0 aromatic carbocycles. The van der Waals surface area contributed by atoms with Gasteiger partial charge in [-0.2, -0.15) is 14.7 Å². The van der Waals surface area contributed by atoms with E-state index in [1.165, 1.54) is 22.9 Å². The first-order valence-electron chi connectivity index (χ1n) is 6.15. The molecule has 4 heterocycles. The maximum absolute atomic E-state index is 4.61. The molecular formula is C11H10N8S2. The average molecular weight is 318 g/mol. The number of nitrogens with zero attached hydrogens (tertiary/aromatic N) is 8. The van der Waals surface area contributed by atoms with Crippen molar-refractivity contribution in [2.75, 3.05) is 0 Å². The van der Waals surface area contributed by atoms with Gasteiger partial charge in [-0.3, -0.25) is 4.68 Å². The molecule has 0 radical (unpaired) electrons. The first kappa shape index (κ1) is 12.5. The number of fused-ring (bicyclic) bond motifs is 1. The second kappa shape index (κ2) is 4.40. The molecule has 0 N–H and O–H groups in total. The van der Waals surface area contributed by atoms with Crippen molar-refractivity contribution in [3.8, 4) is 21.3 Å². The van der Waals surface area contributed by atoms with Crippen LogP contribution in [0.4, 0.5) is 0 Å². The Morgan fingerprint density at radius 2 is 2.00 bits per heavy atom. The van der Waals surface area contributed by atoms with Gasteiger partial charge >= 0.3 is 0 Å². The summed E-state index contributed by atoms with van der Waals surface area (Å²) in [5, 5.41) is 22.2. The molecule has 106 valence electrons. The molecule has 0 atom stereocenters. The van der Waals surface area contributed by atoms with Gasteiger partial charge in [0.05, 0.1) is 17.5 Å². The van der Waals surface area contributed by atoms with Crippen LogP contribution in [-0.2, 0) is 7.05 Å². The zero-order valence-electron chi connectivity index (χ0n) is 11.5. The lowest BCUT2D eigenvalue weighted by Gasteiger charge is -1.96. The van der Waals surface area contributed by atoms with E-state index in [-0.39, 0.29) is 0 Å². The molecule has 0 spiro atoms. The van der Waals surface area contributed by atoms with Crippen LogP contribution in [0, 0.1) is 13.8 Å². The molecule has 4 aromatic rings. The van der Waals surface area contributed by atoms with Crippen molar-refractivity contribution in [3.05, 3.63) is 17.6 Å². The topological polar surface area (TPSA) is 86.7 Å². The standard InChI is InChI=1S/C11H10N8S2/c1-5-8(21-17-13-5)10-16-19-9(14-15-11(19)20-10)7-4-12-18(3)6(7)2/h4H,1-3H3. The van der Waals surface area contributed by atoms with E-state index in [0.29, 0.717) is 5.82 Å². The van der Waals surface area contributed by atoms with Gasteiger partial charge in [-0.15, -0.1) is 15.3 Å². The molecule has 0 bridgehead atoms. The maximum Gasteiger partial charge on any atom is 0.235 e. The zero-order valence-corrected chi connectivity index (χ0v) is 13.1. The van der Waals surface area contributed by atoms with Gasteiger partial charge in [-0.05, 0) is 25.4 Å². The van der Waals surface area contributed by atoms with Gasteiger partial charge in [0.25, 0.3) is 0 Å². The van der Waals surface area contributed by atoms with Gasteiger partial charge in [-0.1, -0.05) is 15.8 Å². The van der Waals surface area contributed by atoms with Crippen LogP contribution >= 0.6 is 22.9 Å². The third-order valence-corrected chi connectivity index (χ3v) is 5.19. The minimum Gasteiger partial charge on any atom is -0.272 e. The fraction of sp³-hybridized carbons (Fsp3) is 0.273. The summed E-state index contributed by atoms with van der Waals surface area (Å²) >= 11 is 2.82. The van der Waals surface area contributed by atoms with Crippen molar-refractivity contribution < 1.29 is 0 Å². The lowest BCUT2D eigenvalue weighted by molar-refractivity contribution is 0.740. The molecule has 0 aliphatic heterocycles. The minimum absolute atomic E-state index is 0.702. The molecule has 4 aromatic heterocycles. The van der Waals surface area contributed by atoms with Crippen molar-refractivity contribution in [2.45, 2.75) is 13.8 Å². The molecule has 0 saturated carbocycles. The molecule has 10 heteroatoms. The number of hydrogen-bond donors (Lipinski definition) is 0. The van der Waals surface area contributed by atoms with Gasteiger partial charge in [0.1, 0.15) is 4.88 Å². The number of rotatable bonds is 2. The van der Waals surface area contributed by atoms with Crippen LogP contribution in [-0.4, -0.2) is 39.2 Å². The normalized spacial score (nSPS) is 11.6. The molecule has 8 nitrogen and oxygen atoms in total. The van der Waals surface area contributed by atoms with E-state index >= 15 is 0 Å². The van der Waals surface area contributed by atoms with Crippen molar-refractivity contribution in [2.24, 2.45) is 7.05 Å². The minimum atomic E-state index is 0.702. The first-order valence-corrected chi connectivity index (χ1v) is 7.74. The van der Waals surface area contributed by atoms with Crippen LogP contribution in [0.1, 0.15) is 11.4 Å². The van der Waals surface area contributed by atoms with E-state index in [1.54, 1.807) is 15.4 Å². The largest absolute Gasteiger partial charge is 0.272 e. The van der Waals surface area contributed by atoms with E-state index < -0.39 is 0 Å². The van der Waals surface area contributed by atoms with E-state index in [9.17, 15) is 0 Å². The third kappa shape index (κ3) is 1.79. The molecule has 0 saturated heterocycles. The monoisotopic (exact) mass is 318 g/mol. The highest BCUT2D eigenvalue weighted by Gasteiger charge is 2.19. The van der Waals surface area contributed by atoms with Crippen LogP contribution < -0.4 is 0 Å². The lowest BCUT2D eigenvalue weighted by atomic mass is 10.2. The summed E-state index contributed by atoms with van der Waals surface area (Å²) in [5.41, 5.74) is 2.83. The zero-order chi connectivity index (χ0) is 14.6. The quantitative estimate of drug-likeness (QED) is 0.559. The van der Waals surface area contributed by atoms with Crippen LogP contribution in [0.15, 0.2) is 6.20 Å². The Bertz CT molecular complexity index is 943. The lowest BCUT2D eigenvalue weighted by Crippen LogP contribution is -1.95. The molecule has 0 aliphatic rings. The fourth-order valence-electron chi connectivity index (χ4n) is 2.02. The summed E-state index contributed by atoms with van der Waals surface area (Å²) in [4.78, 5) is 1.72. The second-order valence-electron chi connectivity index (χ2n) is 4.58. The van der Waals surface area contributed by atoms with E-state index in [2.05, 4.69) is 30.0 Å². The van der Waals surface area contributed by atoms with Gasteiger partial charge in [-0.25, -0.2) is 0 Å². The van der Waals surface area contributed by atoms with E-state index in [1.807, 2.05) is 20.9 Å². The molecule has 0 fully saturated rings. The van der Waals surface area contributed by atoms with Gasteiger partial charge in [0.15, 0.2) is 10.8 Å². The third-order valence-electron chi connectivity index (χ3n) is 3.31. The van der Waals surface area contributed by atoms with Crippen molar-refractivity contribution >= 4 is 27.8 Å².